The number of aryl methyl sites for hydroxylation is 1. The zero-order valence-electron chi connectivity index (χ0n) is 13.7. The van der Waals surface area contributed by atoms with Crippen molar-refractivity contribution in [1.82, 2.24) is 10.2 Å². The molecular weight excluding hydrogens is 308 g/mol. The summed E-state index contributed by atoms with van der Waals surface area (Å²) in [4.78, 5) is 16.6. The van der Waals surface area contributed by atoms with E-state index in [9.17, 15) is 4.79 Å². The molecule has 0 saturated heterocycles. The lowest BCUT2D eigenvalue weighted by Crippen LogP contribution is -2.39. The minimum Gasteiger partial charge on any atom is -0.396 e. The number of aliphatic hydroxyl groups is 1. The molecule has 0 bridgehead atoms. The van der Waals surface area contributed by atoms with Gasteiger partial charge in [0, 0.05) is 23.4 Å². The number of rotatable bonds is 7. The number of hydrogen-bond donors (Lipinski definition) is 2. The molecule has 0 aliphatic heterocycles. The lowest BCUT2D eigenvalue weighted by molar-refractivity contribution is 0.200. The van der Waals surface area contributed by atoms with E-state index in [2.05, 4.69) is 24.4 Å². The molecule has 0 fully saturated rings. The van der Waals surface area contributed by atoms with Crippen LogP contribution in [0.3, 0.4) is 0 Å². The van der Waals surface area contributed by atoms with Crippen LogP contribution in [-0.4, -0.2) is 29.7 Å². The van der Waals surface area contributed by atoms with Gasteiger partial charge in [-0.3, -0.25) is 0 Å². The Bertz CT molecular complexity index is 612. The Morgan fingerprint density at radius 1 is 1.26 bits per heavy atom. The third-order valence-electron chi connectivity index (χ3n) is 3.69. The lowest BCUT2D eigenvalue weighted by atomic mass is 10.0. The summed E-state index contributed by atoms with van der Waals surface area (Å²) in [7, 11) is 1.80. The fourth-order valence-electron chi connectivity index (χ4n) is 2.44. The first-order valence-corrected chi connectivity index (χ1v) is 8.64. The number of benzene rings is 1. The number of hydrogen-bond acceptors (Lipinski definition) is 3. The molecule has 2 rings (SSSR count). The van der Waals surface area contributed by atoms with Crippen molar-refractivity contribution in [2.75, 3.05) is 13.7 Å². The molecule has 0 aliphatic rings. The third-order valence-corrected chi connectivity index (χ3v) is 4.67. The lowest BCUT2D eigenvalue weighted by Gasteiger charge is -2.23. The molecule has 1 unspecified atom stereocenters. The van der Waals surface area contributed by atoms with E-state index in [-0.39, 0.29) is 18.7 Å². The second-order valence-electron chi connectivity index (χ2n) is 5.65. The van der Waals surface area contributed by atoms with E-state index in [0.717, 1.165) is 12.0 Å². The highest BCUT2D eigenvalue weighted by Gasteiger charge is 2.17. The third kappa shape index (κ3) is 5.37. The van der Waals surface area contributed by atoms with E-state index in [4.69, 9.17) is 5.11 Å². The fraction of sp³-hybridized carbons (Fsp3) is 0.389. The first kappa shape index (κ1) is 17.5. The molecule has 23 heavy (non-hydrogen) atoms. The van der Waals surface area contributed by atoms with Crippen molar-refractivity contribution >= 4 is 17.4 Å². The Hall–Kier alpha value is -1.85. The van der Waals surface area contributed by atoms with Gasteiger partial charge >= 0.3 is 6.03 Å². The average molecular weight is 332 g/mol. The van der Waals surface area contributed by atoms with Gasteiger partial charge in [0.2, 0.25) is 0 Å². The molecule has 2 amide bonds. The monoisotopic (exact) mass is 332 g/mol. The van der Waals surface area contributed by atoms with Crippen LogP contribution < -0.4 is 5.32 Å². The van der Waals surface area contributed by atoms with E-state index >= 15 is 0 Å². The Balaban J connectivity index is 1.98. The highest BCUT2D eigenvalue weighted by molar-refractivity contribution is 7.11. The predicted octanol–water partition coefficient (Wildman–Crippen LogP) is 3.71. The fourth-order valence-corrected chi connectivity index (χ4v) is 3.38. The summed E-state index contributed by atoms with van der Waals surface area (Å²) in [5.41, 5.74) is 1.06. The molecule has 0 spiro atoms. The Morgan fingerprint density at radius 2 is 2.00 bits per heavy atom. The second kappa shape index (κ2) is 8.70. The maximum absolute atomic E-state index is 12.5. The number of nitrogens with one attached hydrogen (secondary N) is 1. The quantitative estimate of drug-likeness (QED) is 0.812. The Labute approximate surface area is 141 Å². The number of nitrogens with zero attached hydrogens (tertiary/aromatic N) is 1. The second-order valence-corrected chi connectivity index (χ2v) is 7.02. The van der Waals surface area contributed by atoms with Gasteiger partial charge in [0.05, 0.1) is 12.6 Å². The van der Waals surface area contributed by atoms with Crippen molar-refractivity contribution in [3.8, 4) is 0 Å². The maximum Gasteiger partial charge on any atom is 0.317 e. The summed E-state index contributed by atoms with van der Waals surface area (Å²) in [5.74, 6) is 0. The number of thiophene rings is 1. The molecule has 124 valence electrons. The number of carbonyl (C=O) groups excluding carboxylic acids is 1. The minimum atomic E-state index is -0.0946. The minimum absolute atomic E-state index is 0.0802. The van der Waals surface area contributed by atoms with Crippen LogP contribution in [0, 0.1) is 6.92 Å². The van der Waals surface area contributed by atoms with Crippen LogP contribution in [0.15, 0.2) is 42.5 Å². The molecule has 0 aliphatic carbocycles. The van der Waals surface area contributed by atoms with Crippen molar-refractivity contribution in [2.45, 2.75) is 32.4 Å². The predicted molar refractivity (Wildman–Crippen MR) is 94.6 cm³/mol. The summed E-state index contributed by atoms with van der Waals surface area (Å²) in [6.45, 7) is 2.80. The molecular formula is C18H24N2O2S. The summed E-state index contributed by atoms with van der Waals surface area (Å²) in [5, 5.41) is 12.2. The van der Waals surface area contributed by atoms with Gasteiger partial charge in [-0.25, -0.2) is 4.79 Å². The van der Waals surface area contributed by atoms with Gasteiger partial charge < -0.3 is 15.3 Å². The molecule has 1 heterocycles. The van der Waals surface area contributed by atoms with Crippen molar-refractivity contribution in [3.05, 3.63) is 57.8 Å². The Morgan fingerprint density at radius 3 is 2.61 bits per heavy atom. The van der Waals surface area contributed by atoms with Gasteiger partial charge in [-0.15, -0.1) is 11.3 Å². The van der Waals surface area contributed by atoms with Crippen molar-refractivity contribution in [3.63, 3.8) is 0 Å². The van der Waals surface area contributed by atoms with Crippen LogP contribution in [-0.2, 0) is 6.54 Å². The van der Waals surface area contributed by atoms with E-state index in [1.165, 1.54) is 9.75 Å². The van der Waals surface area contributed by atoms with E-state index < -0.39 is 0 Å². The molecule has 2 aromatic rings. The SMILES string of the molecule is Cc1ccc(CN(C)C(=O)NC(CCCO)c2ccccc2)s1. The van der Waals surface area contributed by atoms with E-state index in [1.807, 2.05) is 30.3 Å². The summed E-state index contributed by atoms with van der Waals surface area (Å²) in [6, 6.07) is 13.8. The van der Waals surface area contributed by atoms with Crippen LogP contribution in [0.2, 0.25) is 0 Å². The van der Waals surface area contributed by atoms with E-state index in [1.54, 1.807) is 23.3 Å². The van der Waals surface area contributed by atoms with Gasteiger partial charge in [0.25, 0.3) is 0 Å². The van der Waals surface area contributed by atoms with Gasteiger partial charge in [-0.2, -0.15) is 0 Å². The first-order valence-electron chi connectivity index (χ1n) is 7.83. The molecule has 1 aromatic heterocycles. The molecule has 0 radical (unpaired) electrons. The van der Waals surface area contributed by atoms with Crippen LogP contribution in [0.5, 0.6) is 0 Å². The molecule has 2 N–H and O–H groups in total. The smallest absolute Gasteiger partial charge is 0.317 e. The molecule has 5 heteroatoms. The van der Waals surface area contributed by atoms with Crippen LogP contribution >= 0.6 is 11.3 Å². The van der Waals surface area contributed by atoms with Crippen molar-refractivity contribution < 1.29 is 9.90 Å². The molecule has 0 saturated carbocycles. The number of urea groups is 1. The van der Waals surface area contributed by atoms with Gasteiger partial charge in [-0.05, 0) is 37.5 Å². The standard InChI is InChI=1S/C18H24N2O2S/c1-14-10-11-16(23-14)13-20(2)18(22)19-17(9-6-12-21)15-7-4-3-5-8-15/h3-5,7-8,10-11,17,21H,6,9,12-13H2,1-2H3,(H,19,22). The summed E-state index contributed by atoms with van der Waals surface area (Å²) < 4.78 is 0. The van der Waals surface area contributed by atoms with Crippen LogP contribution in [0.1, 0.15) is 34.2 Å². The first-order chi connectivity index (χ1) is 11.1. The van der Waals surface area contributed by atoms with Crippen LogP contribution in [0.4, 0.5) is 4.79 Å². The molecule has 1 atom stereocenters. The largest absolute Gasteiger partial charge is 0.396 e. The summed E-state index contributed by atoms with van der Waals surface area (Å²) >= 11 is 1.71. The Kier molecular flexibility index (Phi) is 6.62. The van der Waals surface area contributed by atoms with E-state index in [0.29, 0.717) is 13.0 Å². The van der Waals surface area contributed by atoms with Crippen molar-refractivity contribution in [1.29, 1.82) is 0 Å². The van der Waals surface area contributed by atoms with Gasteiger partial charge in [-0.1, -0.05) is 30.3 Å². The zero-order valence-corrected chi connectivity index (χ0v) is 14.5. The average Bonchev–Trinajstić information content (AvgIpc) is 2.97. The number of aliphatic hydroxyl groups excluding tert-OH is 1. The highest BCUT2D eigenvalue weighted by atomic mass is 32.1. The topological polar surface area (TPSA) is 52.6 Å². The van der Waals surface area contributed by atoms with Gasteiger partial charge in [0.1, 0.15) is 0 Å². The van der Waals surface area contributed by atoms with Gasteiger partial charge in [0.15, 0.2) is 0 Å². The maximum atomic E-state index is 12.5. The van der Waals surface area contributed by atoms with Crippen LogP contribution in [0.25, 0.3) is 0 Å². The molecule has 1 aromatic carbocycles. The molecule has 4 nitrogen and oxygen atoms in total. The normalized spacial score (nSPS) is 12.0. The number of carbonyl (C=O) groups is 1. The zero-order chi connectivity index (χ0) is 16.7. The number of amides is 2. The highest BCUT2D eigenvalue weighted by Crippen LogP contribution is 2.20. The van der Waals surface area contributed by atoms with Crippen molar-refractivity contribution in [2.24, 2.45) is 0 Å². The summed E-state index contributed by atoms with van der Waals surface area (Å²) in [6.07, 6.45) is 1.38.